The minimum absolute atomic E-state index is 0.153. The molecule has 5 heteroatoms. The van der Waals surface area contributed by atoms with Crippen LogP contribution in [-0.2, 0) is 14.3 Å². The Balaban J connectivity index is 3.17. The molecule has 0 aromatic heterocycles. The number of carboxylic acid groups (broad SMARTS) is 1. The van der Waals surface area contributed by atoms with Gasteiger partial charge in [-0.3, -0.25) is 4.79 Å². The van der Waals surface area contributed by atoms with Crippen molar-refractivity contribution in [1.29, 1.82) is 0 Å². The van der Waals surface area contributed by atoms with E-state index in [-0.39, 0.29) is 6.04 Å². The van der Waals surface area contributed by atoms with E-state index in [1.807, 2.05) is 13.8 Å². The van der Waals surface area contributed by atoms with Gasteiger partial charge in [-0.1, -0.05) is 12.8 Å². The van der Waals surface area contributed by atoms with Gasteiger partial charge in [0.25, 0.3) is 0 Å². The molecule has 0 heterocycles. The number of methoxy groups -OCH3 is 1. The number of carbonyl (C=O) groups is 2. The molecule has 1 N–H and O–H groups in total. The van der Waals surface area contributed by atoms with Crippen LogP contribution in [0.15, 0.2) is 0 Å². The highest BCUT2D eigenvalue weighted by Gasteiger charge is 2.52. The number of hydrogen-bond donors (Lipinski definition) is 1. The molecule has 0 aliphatic heterocycles. The number of nitrogens with zero attached hydrogens (tertiary/aromatic N) is 1. The Labute approximate surface area is 102 Å². The van der Waals surface area contributed by atoms with Gasteiger partial charge in [-0.2, -0.15) is 0 Å². The zero-order chi connectivity index (χ0) is 13.1. The lowest BCUT2D eigenvalue weighted by molar-refractivity contribution is -0.173. The molecule has 0 radical (unpaired) electrons. The molecule has 2 atom stereocenters. The summed E-state index contributed by atoms with van der Waals surface area (Å²) in [5, 5.41) is 9.56. The van der Waals surface area contributed by atoms with E-state index in [2.05, 4.69) is 0 Å². The van der Waals surface area contributed by atoms with Crippen LogP contribution in [0.5, 0.6) is 0 Å². The first-order valence-electron chi connectivity index (χ1n) is 6.00. The molecule has 0 bridgehead atoms. The quantitative estimate of drug-likeness (QED) is 0.738. The van der Waals surface area contributed by atoms with Gasteiger partial charge in [0.15, 0.2) is 5.54 Å². The number of amides is 1. The Bertz CT molecular complexity index is 292. The molecule has 1 aliphatic carbocycles. The summed E-state index contributed by atoms with van der Waals surface area (Å²) in [5.41, 5.74) is -1.21. The van der Waals surface area contributed by atoms with Crippen molar-refractivity contribution < 1.29 is 19.4 Å². The largest absolute Gasteiger partial charge is 0.479 e. The van der Waals surface area contributed by atoms with Crippen LogP contribution in [0.25, 0.3) is 0 Å². The Morgan fingerprint density at radius 1 is 1.53 bits per heavy atom. The minimum Gasteiger partial charge on any atom is -0.479 e. The summed E-state index contributed by atoms with van der Waals surface area (Å²) >= 11 is 0. The molecule has 1 saturated carbocycles. The van der Waals surface area contributed by atoms with Crippen molar-refractivity contribution in [3.63, 3.8) is 0 Å². The zero-order valence-electron chi connectivity index (χ0n) is 10.7. The third-order valence-electron chi connectivity index (χ3n) is 3.59. The Kier molecular flexibility index (Phi) is 4.51. The molecule has 2 unspecified atom stereocenters. The van der Waals surface area contributed by atoms with Crippen LogP contribution in [0.4, 0.5) is 0 Å². The lowest BCUT2D eigenvalue weighted by Gasteiger charge is -2.47. The summed E-state index contributed by atoms with van der Waals surface area (Å²) in [7, 11) is 1.51. The average molecular weight is 243 g/mol. The number of carboxylic acids is 1. The van der Waals surface area contributed by atoms with Gasteiger partial charge in [-0.25, -0.2) is 4.79 Å². The monoisotopic (exact) mass is 243 g/mol. The predicted molar refractivity (Wildman–Crippen MR) is 62.7 cm³/mol. The molecule has 1 aliphatic rings. The fourth-order valence-corrected chi connectivity index (χ4v) is 2.76. The molecule has 98 valence electrons. The van der Waals surface area contributed by atoms with E-state index >= 15 is 0 Å². The highest BCUT2D eigenvalue weighted by molar-refractivity contribution is 5.82. The maximum atomic E-state index is 11.7. The normalized spacial score (nSPS) is 29.1. The maximum Gasteiger partial charge on any atom is 0.332 e. The van der Waals surface area contributed by atoms with Gasteiger partial charge < -0.3 is 14.7 Å². The molecular weight excluding hydrogens is 222 g/mol. The van der Waals surface area contributed by atoms with Crippen molar-refractivity contribution in [3.8, 4) is 0 Å². The van der Waals surface area contributed by atoms with Gasteiger partial charge in [0, 0.05) is 13.2 Å². The van der Waals surface area contributed by atoms with Gasteiger partial charge in [-0.15, -0.1) is 0 Å². The van der Waals surface area contributed by atoms with Crippen molar-refractivity contribution in [2.45, 2.75) is 57.2 Å². The third-order valence-corrected chi connectivity index (χ3v) is 3.59. The maximum absolute atomic E-state index is 11.7. The second-order valence-corrected chi connectivity index (χ2v) is 4.81. The zero-order valence-corrected chi connectivity index (χ0v) is 10.7. The Morgan fingerprint density at radius 2 is 2.18 bits per heavy atom. The summed E-state index contributed by atoms with van der Waals surface area (Å²) < 4.78 is 5.32. The molecule has 1 amide bonds. The van der Waals surface area contributed by atoms with E-state index < -0.39 is 17.6 Å². The van der Waals surface area contributed by atoms with Gasteiger partial charge in [0.1, 0.15) is 0 Å². The first-order chi connectivity index (χ1) is 8.00. The van der Waals surface area contributed by atoms with Crippen LogP contribution in [0.1, 0.15) is 39.5 Å². The fourth-order valence-electron chi connectivity index (χ4n) is 2.76. The molecule has 17 heavy (non-hydrogen) atoms. The van der Waals surface area contributed by atoms with Crippen LogP contribution >= 0.6 is 0 Å². The Hall–Kier alpha value is -1.10. The van der Waals surface area contributed by atoms with E-state index in [1.54, 1.807) is 0 Å². The van der Waals surface area contributed by atoms with Gasteiger partial charge in [0.05, 0.1) is 6.10 Å². The van der Waals surface area contributed by atoms with Gasteiger partial charge >= 0.3 is 5.97 Å². The first kappa shape index (κ1) is 14.0. The third kappa shape index (κ3) is 2.29. The highest BCUT2D eigenvalue weighted by Crippen LogP contribution is 2.36. The molecule has 0 aromatic carbocycles. The number of rotatable bonds is 5. The molecule has 5 nitrogen and oxygen atoms in total. The standard InChI is InChI=1S/C12H21NO4/c1-9(2)13(8-14)12(11(15)16)7-5-4-6-10(12)17-3/h8-10H,4-7H2,1-3H3,(H,15,16). The van der Waals surface area contributed by atoms with Crippen LogP contribution in [-0.4, -0.2) is 47.2 Å². The van der Waals surface area contributed by atoms with Crippen molar-refractivity contribution in [2.24, 2.45) is 0 Å². The van der Waals surface area contributed by atoms with Crippen molar-refractivity contribution >= 4 is 12.4 Å². The van der Waals surface area contributed by atoms with E-state index in [0.29, 0.717) is 19.3 Å². The minimum atomic E-state index is -1.21. The van der Waals surface area contributed by atoms with Crippen molar-refractivity contribution in [3.05, 3.63) is 0 Å². The molecule has 0 aromatic rings. The SMILES string of the molecule is COC1CCCCC1(C(=O)O)N(C=O)C(C)C. The average Bonchev–Trinajstić information content (AvgIpc) is 2.29. The summed E-state index contributed by atoms with van der Waals surface area (Å²) in [6.07, 6.45) is 3.09. The molecule has 0 spiro atoms. The number of ether oxygens (including phenoxy) is 1. The second kappa shape index (κ2) is 5.49. The van der Waals surface area contributed by atoms with Crippen molar-refractivity contribution in [1.82, 2.24) is 4.90 Å². The van der Waals surface area contributed by atoms with Gasteiger partial charge in [-0.05, 0) is 26.7 Å². The molecular formula is C12H21NO4. The topological polar surface area (TPSA) is 66.8 Å². The summed E-state index contributed by atoms with van der Waals surface area (Å²) in [4.78, 5) is 24.3. The summed E-state index contributed by atoms with van der Waals surface area (Å²) in [5.74, 6) is -0.968. The lowest BCUT2D eigenvalue weighted by atomic mass is 9.77. The van der Waals surface area contributed by atoms with Crippen LogP contribution in [0.3, 0.4) is 0 Å². The fraction of sp³-hybridized carbons (Fsp3) is 0.833. The van der Waals surface area contributed by atoms with E-state index in [1.165, 1.54) is 12.0 Å². The molecule has 1 fully saturated rings. The van der Waals surface area contributed by atoms with E-state index in [0.717, 1.165) is 12.8 Å². The van der Waals surface area contributed by atoms with Crippen LogP contribution < -0.4 is 0 Å². The molecule has 1 rings (SSSR count). The highest BCUT2D eigenvalue weighted by atomic mass is 16.5. The van der Waals surface area contributed by atoms with Gasteiger partial charge in [0.2, 0.25) is 6.41 Å². The summed E-state index contributed by atoms with van der Waals surface area (Å²) in [6, 6.07) is -0.153. The summed E-state index contributed by atoms with van der Waals surface area (Å²) in [6.45, 7) is 3.64. The molecule has 0 saturated heterocycles. The lowest BCUT2D eigenvalue weighted by Crippen LogP contribution is -2.65. The predicted octanol–water partition coefficient (Wildman–Crippen LogP) is 1.27. The Morgan fingerprint density at radius 3 is 2.59 bits per heavy atom. The first-order valence-corrected chi connectivity index (χ1v) is 6.00. The second-order valence-electron chi connectivity index (χ2n) is 4.81. The number of aliphatic carboxylic acids is 1. The van der Waals surface area contributed by atoms with Crippen molar-refractivity contribution in [2.75, 3.05) is 7.11 Å². The van der Waals surface area contributed by atoms with E-state index in [4.69, 9.17) is 4.74 Å². The number of carbonyl (C=O) groups excluding carboxylic acids is 1. The van der Waals surface area contributed by atoms with Crippen LogP contribution in [0.2, 0.25) is 0 Å². The van der Waals surface area contributed by atoms with E-state index in [9.17, 15) is 14.7 Å². The van der Waals surface area contributed by atoms with Crippen LogP contribution in [0, 0.1) is 0 Å². The number of hydrogen-bond acceptors (Lipinski definition) is 3. The smallest absolute Gasteiger partial charge is 0.332 e.